The van der Waals surface area contributed by atoms with Crippen molar-refractivity contribution in [3.63, 3.8) is 0 Å². The number of pyridine rings is 2. The minimum absolute atomic E-state index is 0.0254. The van der Waals surface area contributed by atoms with Gasteiger partial charge in [-0.25, -0.2) is 27.1 Å². The second-order valence-corrected chi connectivity index (χ2v) is 18.9. The monoisotopic (exact) mass is 994 g/mol. The molecule has 12 N–H and O–H groups in total. The molecule has 72 heavy (non-hydrogen) atoms. The first-order chi connectivity index (χ1) is 34.4. The first-order valence-corrected chi connectivity index (χ1v) is 24.7. The molecular weight excluding hydrogens is 949 g/mol. The summed E-state index contributed by atoms with van der Waals surface area (Å²) in [4.78, 5) is 34.7. The van der Waals surface area contributed by atoms with Crippen molar-refractivity contribution in [2.24, 2.45) is 21.7 Å². The molecule has 6 aromatic carbocycles. The number of carbonyl (C=O) groups is 2. The topological polar surface area (TPSA) is 304 Å². The van der Waals surface area contributed by atoms with Gasteiger partial charge in [0.15, 0.2) is 0 Å². The van der Waals surface area contributed by atoms with Crippen molar-refractivity contribution in [3.8, 4) is 22.3 Å². The number of nitrogens with zero attached hydrogens (tertiary/aromatic N) is 2. The molecule has 18 heteroatoms. The number of primary sulfonamides is 2. The molecule has 8 aromatic rings. The lowest BCUT2D eigenvalue weighted by atomic mass is 10.0. The largest absolute Gasteiger partial charge is 0.384 e. The summed E-state index contributed by atoms with van der Waals surface area (Å²) in [5.41, 5.74) is 19.1. The molecule has 360 valence electrons. The number of carbonyl (C=O) groups excluding carboxylic acids is 2. The number of aromatic nitrogens is 2. The van der Waals surface area contributed by atoms with Crippen LogP contribution in [0.3, 0.4) is 0 Å². The standard InChI is InChI=1S/2C27H23N5O3S/c2*28-26(29)21-5-3-4-18(16-21)17-24(20-12-14-31-15-13-20)27(33)32-22-10-8-19(9-11-22)23-6-1-2-7-25(23)36(30,34)35/h2*1-17H,(H3,28,29)(H,32,33)(H2,30,34,35)/b24-17+;24-17-. The molecule has 0 saturated carbocycles. The predicted octanol–water partition coefficient (Wildman–Crippen LogP) is 7.72. The molecule has 2 heterocycles. The summed E-state index contributed by atoms with van der Waals surface area (Å²) in [6.45, 7) is 0. The minimum atomic E-state index is -3.89. The number of nitrogen functional groups attached to an aromatic ring is 2. The molecule has 0 aliphatic rings. The first-order valence-electron chi connectivity index (χ1n) is 21.6. The van der Waals surface area contributed by atoms with Gasteiger partial charge >= 0.3 is 0 Å². The van der Waals surface area contributed by atoms with Gasteiger partial charge in [-0.3, -0.25) is 30.4 Å². The number of hydrogen-bond acceptors (Lipinski definition) is 10. The Bertz CT molecular complexity index is 3370. The normalized spacial score (nSPS) is 11.6. The summed E-state index contributed by atoms with van der Waals surface area (Å²) in [5.74, 6) is -0.840. The SMILES string of the molecule is N=C(N)c1cccc(/C=C(/C(=O)Nc2ccc(-c3ccccc3S(N)(=O)=O)cc2)c2ccncc2)c1.N=C(N)c1cccc(/C=C(\C(=O)Nc2ccc(-c3ccccc3S(N)(=O)=O)cc2)c2ccncc2)c1. The van der Waals surface area contributed by atoms with Gasteiger partial charge in [0, 0.05) is 69.6 Å². The molecule has 0 radical (unpaired) electrons. The molecule has 0 bridgehead atoms. The number of rotatable bonds is 14. The van der Waals surface area contributed by atoms with E-state index >= 15 is 0 Å². The second kappa shape index (κ2) is 22.5. The highest BCUT2D eigenvalue weighted by atomic mass is 32.2. The van der Waals surface area contributed by atoms with Crippen molar-refractivity contribution in [1.82, 2.24) is 9.97 Å². The lowest BCUT2D eigenvalue weighted by molar-refractivity contribution is -0.111. The third-order valence-electron chi connectivity index (χ3n) is 10.8. The molecule has 2 amide bonds. The number of benzene rings is 6. The fourth-order valence-electron chi connectivity index (χ4n) is 7.32. The number of nitrogens with one attached hydrogen (secondary N) is 4. The highest BCUT2D eigenvalue weighted by molar-refractivity contribution is 7.89. The summed E-state index contributed by atoms with van der Waals surface area (Å²) in [7, 11) is -7.79. The van der Waals surface area contributed by atoms with Gasteiger partial charge in [-0.2, -0.15) is 0 Å². The van der Waals surface area contributed by atoms with Gasteiger partial charge in [0.2, 0.25) is 20.0 Å². The summed E-state index contributed by atoms with van der Waals surface area (Å²) >= 11 is 0. The molecule has 0 spiro atoms. The Morgan fingerprint density at radius 3 is 1.12 bits per heavy atom. The van der Waals surface area contributed by atoms with E-state index in [1.807, 2.05) is 12.1 Å². The van der Waals surface area contributed by atoms with E-state index in [0.717, 1.165) is 0 Å². The van der Waals surface area contributed by atoms with Crippen molar-refractivity contribution in [2.75, 3.05) is 10.6 Å². The van der Waals surface area contributed by atoms with E-state index in [1.54, 1.807) is 183 Å². The molecule has 0 fully saturated rings. The highest BCUT2D eigenvalue weighted by Crippen LogP contribution is 2.30. The third-order valence-corrected chi connectivity index (χ3v) is 12.7. The van der Waals surface area contributed by atoms with Gasteiger partial charge in [-0.05, 0) is 118 Å². The van der Waals surface area contributed by atoms with E-state index in [2.05, 4.69) is 20.6 Å². The molecule has 8 rings (SSSR count). The average Bonchev–Trinajstić information content (AvgIpc) is 3.38. The van der Waals surface area contributed by atoms with Crippen LogP contribution in [0, 0.1) is 10.8 Å². The van der Waals surface area contributed by atoms with E-state index in [0.29, 0.717) is 78.2 Å². The minimum Gasteiger partial charge on any atom is -0.384 e. The molecule has 0 aliphatic carbocycles. The maximum Gasteiger partial charge on any atom is 0.256 e. The summed E-state index contributed by atoms with van der Waals surface area (Å²) in [6.07, 6.45) is 9.82. The van der Waals surface area contributed by atoms with Crippen LogP contribution in [0.2, 0.25) is 0 Å². The highest BCUT2D eigenvalue weighted by Gasteiger charge is 2.18. The van der Waals surface area contributed by atoms with E-state index in [1.165, 1.54) is 12.1 Å². The Hall–Kier alpha value is -9.20. The van der Waals surface area contributed by atoms with E-state index in [-0.39, 0.29) is 33.3 Å². The molecule has 0 saturated heterocycles. The van der Waals surface area contributed by atoms with Crippen LogP contribution in [0.4, 0.5) is 11.4 Å². The Kier molecular flexibility index (Phi) is 15.8. The quantitative estimate of drug-likeness (QED) is 0.0298. The fraction of sp³-hybridized carbons (Fsp3) is 0. The number of amidine groups is 2. The van der Waals surface area contributed by atoms with Crippen LogP contribution in [-0.2, 0) is 29.6 Å². The van der Waals surface area contributed by atoms with Gasteiger partial charge in [0.25, 0.3) is 11.8 Å². The van der Waals surface area contributed by atoms with Gasteiger partial charge in [-0.15, -0.1) is 0 Å². The van der Waals surface area contributed by atoms with Crippen molar-refractivity contribution in [3.05, 3.63) is 228 Å². The predicted molar refractivity (Wildman–Crippen MR) is 283 cm³/mol. The van der Waals surface area contributed by atoms with E-state index < -0.39 is 20.0 Å². The lowest BCUT2D eigenvalue weighted by Gasteiger charge is -2.12. The smallest absolute Gasteiger partial charge is 0.256 e. The van der Waals surface area contributed by atoms with Crippen molar-refractivity contribution in [1.29, 1.82) is 10.8 Å². The zero-order valence-electron chi connectivity index (χ0n) is 38.1. The van der Waals surface area contributed by atoms with Crippen LogP contribution < -0.4 is 32.4 Å². The Morgan fingerprint density at radius 2 is 0.792 bits per heavy atom. The number of hydrogen-bond donors (Lipinski definition) is 8. The van der Waals surface area contributed by atoms with E-state index in [9.17, 15) is 26.4 Å². The summed E-state index contributed by atoms with van der Waals surface area (Å²) in [5, 5.41) is 31.8. The van der Waals surface area contributed by atoms with Crippen LogP contribution in [0.1, 0.15) is 33.4 Å². The molecular formula is C54H46N10O6S2. The van der Waals surface area contributed by atoms with Gasteiger partial charge in [0.05, 0.1) is 9.79 Å². The fourth-order valence-corrected chi connectivity index (χ4v) is 8.84. The molecule has 0 unspecified atom stereocenters. The van der Waals surface area contributed by atoms with Crippen molar-refractivity contribution in [2.45, 2.75) is 9.79 Å². The Balaban J connectivity index is 0.000000211. The van der Waals surface area contributed by atoms with Crippen molar-refractivity contribution >= 4 is 78.2 Å². The van der Waals surface area contributed by atoms with Crippen LogP contribution in [0.25, 0.3) is 45.6 Å². The molecule has 16 nitrogen and oxygen atoms in total. The van der Waals surface area contributed by atoms with Crippen LogP contribution in [0.15, 0.2) is 204 Å². The lowest BCUT2D eigenvalue weighted by Crippen LogP contribution is -2.14. The average molecular weight is 995 g/mol. The van der Waals surface area contributed by atoms with Crippen LogP contribution in [0.5, 0.6) is 0 Å². The van der Waals surface area contributed by atoms with Crippen molar-refractivity contribution < 1.29 is 26.4 Å². The molecule has 0 aliphatic heterocycles. The molecule has 2 aromatic heterocycles. The van der Waals surface area contributed by atoms with Gasteiger partial charge in [0.1, 0.15) is 11.7 Å². The Labute approximate surface area is 415 Å². The summed E-state index contributed by atoms with van der Waals surface area (Å²) < 4.78 is 47.8. The molecule has 0 atom stereocenters. The van der Waals surface area contributed by atoms with Crippen LogP contribution in [-0.4, -0.2) is 50.3 Å². The Morgan fingerprint density at radius 1 is 0.444 bits per heavy atom. The summed E-state index contributed by atoms with van der Waals surface area (Å²) in [6, 6.07) is 47.5. The zero-order valence-corrected chi connectivity index (χ0v) is 39.7. The number of anilines is 2. The van der Waals surface area contributed by atoms with Gasteiger partial charge < -0.3 is 22.1 Å². The number of nitrogens with two attached hydrogens (primary N) is 4. The maximum atomic E-state index is 13.3. The maximum absolute atomic E-state index is 13.3. The third kappa shape index (κ3) is 13.1. The number of amides is 2. The number of sulfonamides is 2. The second-order valence-electron chi connectivity index (χ2n) is 15.8. The van der Waals surface area contributed by atoms with E-state index in [4.69, 9.17) is 32.6 Å². The van der Waals surface area contributed by atoms with Gasteiger partial charge in [-0.1, -0.05) is 97.1 Å². The zero-order chi connectivity index (χ0) is 51.4. The first kappa shape index (κ1) is 50.7. The van der Waals surface area contributed by atoms with Crippen LogP contribution >= 0.6 is 0 Å².